The SMILES string of the molecule is Cc1c(C(=O)NN2CCCCC2)nn(-c2ccc(Cl)cc2)c1-c1ccc(OCC(N)=O)cc1. The van der Waals surface area contributed by atoms with E-state index in [0.29, 0.717) is 16.5 Å². The van der Waals surface area contributed by atoms with Crippen LogP contribution in [0.3, 0.4) is 0 Å². The highest BCUT2D eigenvalue weighted by Crippen LogP contribution is 2.30. The molecule has 0 saturated carbocycles. The Hall–Kier alpha value is -3.36. The summed E-state index contributed by atoms with van der Waals surface area (Å²) >= 11 is 6.07. The quantitative estimate of drug-likeness (QED) is 0.553. The average molecular weight is 468 g/mol. The van der Waals surface area contributed by atoms with Crippen LogP contribution in [0.4, 0.5) is 0 Å². The fraction of sp³-hybridized carbons (Fsp3) is 0.292. The second kappa shape index (κ2) is 10.1. The van der Waals surface area contributed by atoms with Gasteiger partial charge in [0.15, 0.2) is 12.3 Å². The molecule has 4 rings (SSSR count). The Labute approximate surface area is 197 Å². The van der Waals surface area contributed by atoms with Crippen LogP contribution in [-0.2, 0) is 4.79 Å². The number of nitrogens with one attached hydrogen (secondary N) is 1. The summed E-state index contributed by atoms with van der Waals surface area (Å²) in [7, 11) is 0. The third kappa shape index (κ3) is 5.35. The maximum absolute atomic E-state index is 13.1. The number of primary amides is 1. The fourth-order valence-electron chi connectivity index (χ4n) is 3.89. The first-order chi connectivity index (χ1) is 15.9. The fourth-order valence-corrected chi connectivity index (χ4v) is 4.01. The van der Waals surface area contributed by atoms with Crippen molar-refractivity contribution >= 4 is 23.4 Å². The van der Waals surface area contributed by atoms with Gasteiger partial charge >= 0.3 is 0 Å². The highest BCUT2D eigenvalue weighted by Gasteiger charge is 2.24. The standard InChI is InChI=1S/C24H26ClN5O3/c1-16-22(24(32)28-29-13-3-2-4-14-29)27-30(19-9-7-18(25)8-10-19)23(16)17-5-11-20(12-6-17)33-15-21(26)31/h5-12H,2-4,13-15H2,1H3,(H2,26,31)(H,28,32). The summed E-state index contributed by atoms with van der Waals surface area (Å²) in [5, 5.41) is 7.25. The van der Waals surface area contributed by atoms with Gasteiger partial charge in [-0.05, 0) is 68.3 Å². The molecular formula is C24H26ClN5O3. The normalized spacial score (nSPS) is 14.1. The van der Waals surface area contributed by atoms with E-state index in [1.807, 2.05) is 36.2 Å². The van der Waals surface area contributed by atoms with Crippen LogP contribution in [0.1, 0.15) is 35.3 Å². The van der Waals surface area contributed by atoms with Crippen LogP contribution in [0.2, 0.25) is 5.02 Å². The Morgan fingerprint density at radius 2 is 1.73 bits per heavy atom. The number of aromatic nitrogens is 2. The largest absolute Gasteiger partial charge is 0.484 e. The number of carbonyl (C=O) groups is 2. The Bertz CT molecular complexity index is 1140. The van der Waals surface area contributed by atoms with Crippen molar-refractivity contribution in [2.45, 2.75) is 26.2 Å². The lowest BCUT2D eigenvalue weighted by molar-refractivity contribution is -0.119. The highest BCUT2D eigenvalue weighted by atomic mass is 35.5. The third-order valence-electron chi connectivity index (χ3n) is 5.53. The molecule has 9 heteroatoms. The van der Waals surface area contributed by atoms with Crippen molar-refractivity contribution in [1.29, 1.82) is 0 Å². The zero-order valence-electron chi connectivity index (χ0n) is 18.4. The summed E-state index contributed by atoms with van der Waals surface area (Å²) in [4.78, 5) is 24.1. The Kier molecular flexibility index (Phi) is 6.96. The summed E-state index contributed by atoms with van der Waals surface area (Å²) < 4.78 is 7.11. The van der Waals surface area contributed by atoms with E-state index in [2.05, 4.69) is 10.5 Å². The topological polar surface area (TPSA) is 102 Å². The third-order valence-corrected chi connectivity index (χ3v) is 5.79. The van der Waals surface area contributed by atoms with E-state index in [-0.39, 0.29) is 12.5 Å². The lowest BCUT2D eigenvalue weighted by Gasteiger charge is -2.26. The number of ether oxygens (including phenoxy) is 1. The molecule has 0 spiro atoms. The maximum Gasteiger partial charge on any atom is 0.286 e. The van der Waals surface area contributed by atoms with Crippen molar-refractivity contribution in [3.8, 4) is 22.7 Å². The zero-order valence-corrected chi connectivity index (χ0v) is 19.1. The van der Waals surface area contributed by atoms with Crippen LogP contribution in [0.25, 0.3) is 16.9 Å². The molecular weight excluding hydrogens is 442 g/mol. The first-order valence-electron chi connectivity index (χ1n) is 10.9. The van der Waals surface area contributed by atoms with E-state index in [0.717, 1.165) is 48.4 Å². The van der Waals surface area contributed by atoms with Crippen molar-refractivity contribution in [2.24, 2.45) is 5.73 Å². The monoisotopic (exact) mass is 467 g/mol. The predicted molar refractivity (Wildman–Crippen MR) is 126 cm³/mol. The van der Waals surface area contributed by atoms with Gasteiger partial charge in [0, 0.05) is 29.2 Å². The van der Waals surface area contributed by atoms with Crippen molar-refractivity contribution < 1.29 is 14.3 Å². The zero-order chi connectivity index (χ0) is 23.4. The van der Waals surface area contributed by atoms with Crippen LogP contribution in [0, 0.1) is 6.92 Å². The molecule has 1 aliphatic rings. The molecule has 3 aromatic rings. The molecule has 33 heavy (non-hydrogen) atoms. The predicted octanol–water partition coefficient (Wildman–Crippen LogP) is 3.50. The maximum atomic E-state index is 13.1. The van der Waals surface area contributed by atoms with Gasteiger partial charge in [0.25, 0.3) is 11.8 Å². The number of nitrogens with zero attached hydrogens (tertiary/aromatic N) is 3. The van der Waals surface area contributed by atoms with E-state index in [1.54, 1.807) is 28.9 Å². The van der Waals surface area contributed by atoms with Crippen LogP contribution >= 0.6 is 11.6 Å². The number of halogens is 1. The van der Waals surface area contributed by atoms with E-state index >= 15 is 0 Å². The van der Waals surface area contributed by atoms with Gasteiger partial charge in [-0.2, -0.15) is 5.10 Å². The lowest BCUT2D eigenvalue weighted by atomic mass is 10.1. The molecule has 1 fully saturated rings. The summed E-state index contributed by atoms with van der Waals surface area (Å²) in [5.41, 5.74) is 11.7. The molecule has 172 valence electrons. The molecule has 0 bridgehead atoms. The Morgan fingerprint density at radius 1 is 1.06 bits per heavy atom. The number of amides is 2. The molecule has 8 nitrogen and oxygen atoms in total. The van der Waals surface area contributed by atoms with E-state index in [4.69, 9.17) is 22.1 Å². The summed E-state index contributed by atoms with van der Waals surface area (Å²) in [6.07, 6.45) is 3.31. The van der Waals surface area contributed by atoms with Crippen molar-refractivity contribution in [3.05, 3.63) is 64.8 Å². The van der Waals surface area contributed by atoms with Crippen molar-refractivity contribution in [1.82, 2.24) is 20.2 Å². The molecule has 3 N–H and O–H groups in total. The van der Waals surface area contributed by atoms with E-state index in [9.17, 15) is 9.59 Å². The molecule has 1 aromatic heterocycles. The lowest BCUT2D eigenvalue weighted by Crippen LogP contribution is -2.45. The van der Waals surface area contributed by atoms with Crippen LogP contribution in [0.15, 0.2) is 48.5 Å². The molecule has 0 radical (unpaired) electrons. The van der Waals surface area contributed by atoms with Gasteiger partial charge in [-0.3, -0.25) is 15.0 Å². The number of benzene rings is 2. The Balaban J connectivity index is 1.70. The number of piperidine rings is 1. The summed E-state index contributed by atoms with van der Waals surface area (Å²) in [5.74, 6) is -0.249. The number of hydrogen-bond donors (Lipinski definition) is 2. The summed E-state index contributed by atoms with van der Waals surface area (Å²) in [6.45, 7) is 3.36. The number of carbonyl (C=O) groups excluding carboxylic acids is 2. The molecule has 0 aliphatic carbocycles. The van der Waals surface area contributed by atoms with E-state index < -0.39 is 5.91 Å². The molecule has 2 amide bonds. The first-order valence-corrected chi connectivity index (χ1v) is 11.2. The van der Waals surface area contributed by atoms with Gasteiger partial charge in [0.05, 0.1) is 11.4 Å². The van der Waals surface area contributed by atoms with Gasteiger partial charge in [0.1, 0.15) is 5.75 Å². The second-order valence-corrected chi connectivity index (χ2v) is 8.41. The first kappa shape index (κ1) is 22.8. The minimum atomic E-state index is -0.542. The number of hydrogen-bond acceptors (Lipinski definition) is 5. The minimum Gasteiger partial charge on any atom is -0.484 e. The van der Waals surface area contributed by atoms with Crippen LogP contribution < -0.4 is 15.9 Å². The number of nitrogens with two attached hydrogens (primary N) is 1. The van der Waals surface area contributed by atoms with Crippen molar-refractivity contribution in [3.63, 3.8) is 0 Å². The van der Waals surface area contributed by atoms with Gasteiger partial charge in [-0.25, -0.2) is 9.69 Å². The molecule has 0 unspecified atom stereocenters. The highest BCUT2D eigenvalue weighted by molar-refractivity contribution is 6.30. The second-order valence-electron chi connectivity index (χ2n) is 7.98. The average Bonchev–Trinajstić information content (AvgIpc) is 3.16. The number of hydrazine groups is 1. The smallest absolute Gasteiger partial charge is 0.286 e. The van der Waals surface area contributed by atoms with Gasteiger partial charge in [0.2, 0.25) is 0 Å². The van der Waals surface area contributed by atoms with Gasteiger partial charge in [-0.15, -0.1) is 0 Å². The molecule has 1 saturated heterocycles. The van der Waals surface area contributed by atoms with Crippen molar-refractivity contribution in [2.75, 3.05) is 19.7 Å². The minimum absolute atomic E-state index is 0.193. The molecule has 1 aliphatic heterocycles. The van der Waals surface area contributed by atoms with Gasteiger partial charge in [-0.1, -0.05) is 18.0 Å². The van der Waals surface area contributed by atoms with E-state index in [1.165, 1.54) is 6.42 Å². The van der Waals surface area contributed by atoms with Gasteiger partial charge < -0.3 is 10.5 Å². The Morgan fingerprint density at radius 3 is 2.36 bits per heavy atom. The molecule has 2 heterocycles. The molecule has 2 aromatic carbocycles. The van der Waals surface area contributed by atoms with Crippen LogP contribution in [0.5, 0.6) is 5.75 Å². The molecule has 0 atom stereocenters. The van der Waals surface area contributed by atoms with Crippen LogP contribution in [-0.4, -0.2) is 46.3 Å². The number of rotatable bonds is 7. The summed E-state index contributed by atoms with van der Waals surface area (Å²) in [6, 6.07) is 14.5.